The van der Waals surface area contributed by atoms with E-state index < -0.39 is 0 Å². The first-order valence-corrected chi connectivity index (χ1v) is 7.63. The van der Waals surface area contributed by atoms with Gasteiger partial charge in [-0.3, -0.25) is 0 Å². The molecule has 1 atom stereocenters. The van der Waals surface area contributed by atoms with Gasteiger partial charge in [0.05, 0.1) is 6.04 Å². The molecule has 108 valence electrons. The summed E-state index contributed by atoms with van der Waals surface area (Å²) < 4.78 is 5.81. The Morgan fingerprint density at radius 1 is 1.00 bits per heavy atom. The van der Waals surface area contributed by atoms with Gasteiger partial charge in [-0.15, -0.1) is 0 Å². The van der Waals surface area contributed by atoms with Crippen LogP contribution in [0.15, 0.2) is 40.8 Å². The minimum atomic E-state index is 0.152. The summed E-state index contributed by atoms with van der Waals surface area (Å²) in [4.78, 5) is 0. The molecule has 2 aromatic rings. The highest BCUT2D eigenvalue weighted by molar-refractivity contribution is 5.30. The third-order valence-electron chi connectivity index (χ3n) is 3.50. The molecular formula is C18H25NO. The third-order valence-corrected chi connectivity index (χ3v) is 3.50. The molecule has 0 bridgehead atoms. The molecule has 2 heteroatoms. The van der Waals surface area contributed by atoms with E-state index >= 15 is 0 Å². The summed E-state index contributed by atoms with van der Waals surface area (Å²) in [7, 11) is 0. The summed E-state index contributed by atoms with van der Waals surface area (Å²) in [6.45, 7) is 7.37. The molecule has 1 aromatic carbocycles. The molecule has 1 N–H and O–H groups in total. The normalized spacial score (nSPS) is 12.6. The summed E-state index contributed by atoms with van der Waals surface area (Å²) >= 11 is 0. The van der Waals surface area contributed by atoms with Crippen molar-refractivity contribution in [3.8, 4) is 0 Å². The Bertz CT molecular complexity index is 512. The number of rotatable bonds is 7. The van der Waals surface area contributed by atoms with Crippen LogP contribution in [0.1, 0.15) is 55.4 Å². The second kappa shape index (κ2) is 7.30. The Morgan fingerprint density at radius 3 is 2.30 bits per heavy atom. The van der Waals surface area contributed by atoms with Gasteiger partial charge in [-0.25, -0.2) is 0 Å². The molecule has 0 saturated heterocycles. The Labute approximate surface area is 122 Å². The lowest BCUT2D eigenvalue weighted by molar-refractivity contribution is 0.430. The van der Waals surface area contributed by atoms with Gasteiger partial charge in [0.1, 0.15) is 11.5 Å². The van der Waals surface area contributed by atoms with Crippen molar-refractivity contribution >= 4 is 0 Å². The van der Waals surface area contributed by atoms with Gasteiger partial charge < -0.3 is 9.73 Å². The number of hydrogen-bond donors (Lipinski definition) is 1. The minimum Gasteiger partial charge on any atom is -0.464 e. The summed E-state index contributed by atoms with van der Waals surface area (Å²) in [5.74, 6) is 1.96. The molecule has 1 unspecified atom stereocenters. The largest absolute Gasteiger partial charge is 0.464 e. The van der Waals surface area contributed by atoms with Crippen molar-refractivity contribution < 1.29 is 4.42 Å². The monoisotopic (exact) mass is 271 g/mol. The number of hydrogen-bond acceptors (Lipinski definition) is 2. The average molecular weight is 271 g/mol. The molecule has 0 amide bonds. The molecule has 0 aliphatic heterocycles. The molecule has 1 aromatic heterocycles. The topological polar surface area (TPSA) is 25.2 Å². The van der Waals surface area contributed by atoms with Crippen molar-refractivity contribution in [3.63, 3.8) is 0 Å². The van der Waals surface area contributed by atoms with Gasteiger partial charge in [0.2, 0.25) is 0 Å². The minimum absolute atomic E-state index is 0.152. The number of furan rings is 1. The van der Waals surface area contributed by atoms with Crippen LogP contribution < -0.4 is 5.32 Å². The van der Waals surface area contributed by atoms with Crippen molar-refractivity contribution in [1.29, 1.82) is 0 Å². The fourth-order valence-corrected chi connectivity index (χ4v) is 2.45. The smallest absolute Gasteiger partial charge is 0.125 e. The summed E-state index contributed by atoms with van der Waals surface area (Å²) in [5.41, 5.74) is 2.67. The second-order valence-corrected chi connectivity index (χ2v) is 5.33. The van der Waals surface area contributed by atoms with Gasteiger partial charge in [0, 0.05) is 0 Å². The number of aryl methyl sites for hydroxylation is 2. The Hall–Kier alpha value is -1.54. The average Bonchev–Trinajstić information content (AvgIpc) is 2.88. The SMILES string of the molecule is CCCNC(c1ccc(CCC)cc1)c1ccc(C)o1. The van der Waals surface area contributed by atoms with Crippen LogP contribution in [0.3, 0.4) is 0 Å². The highest BCUT2D eigenvalue weighted by atomic mass is 16.3. The van der Waals surface area contributed by atoms with Crippen molar-refractivity contribution in [2.24, 2.45) is 0 Å². The molecule has 2 rings (SSSR count). The van der Waals surface area contributed by atoms with Crippen LogP contribution in [0.2, 0.25) is 0 Å². The Kier molecular flexibility index (Phi) is 5.42. The first-order valence-electron chi connectivity index (χ1n) is 7.63. The molecular weight excluding hydrogens is 246 g/mol. The summed E-state index contributed by atoms with van der Waals surface area (Å²) in [5, 5.41) is 3.57. The van der Waals surface area contributed by atoms with E-state index in [1.165, 1.54) is 17.5 Å². The van der Waals surface area contributed by atoms with E-state index in [4.69, 9.17) is 4.42 Å². The van der Waals surface area contributed by atoms with Gasteiger partial charge in [0.25, 0.3) is 0 Å². The van der Waals surface area contributed by atoms with Crippen LogP contribution in [-0.4, -0.2) is 6.54 Å². The van der Waals surface area contributed by atoms with Crippen molar-refractivity contribution in [2.75, 3.05) is 6.54 Å². The van der Waals surface area contributed by atoms with E-state index in [0.29, 0.717) is 0 Å². The molecule has 1 heterocycles. The molecule has 0 saturated carbocycles. The Balaban J connectivity index is 2.21. The van der Waals surface area contributed by atoms with Crippen LogP contribution in [-0.2, 0) is 6.42 Å². The van der Waals surface area contributed by atoms with Crippen molar-refractivity contribution in [2.45, 2.75) is 46.1 Å². The van der Waals surface area contributed by atoms with Gasteiger partial charge in [0.15, 0.2) is 0 Å². The van der Waals surface area contributed by atoms with Crippen LogP contribution in [0, 0.1) is 6.92 Å². The van der Waals surface area contributed by atoms with E-state index in [1.807, 2.05) is 13.0 Å². The van der Waals surface area contributed by atoms with Crippen molar-refractivity contribution in [1.82, 2.24) is 5.32 Å². The van der Waals surface area contributed by atoms with E-state index in [0.717, 1.165) is 30.9 Å². The molecule has 20 heavy (non-hydrogen) atoms. The molecule has 2 nitrogen and oxygen atoms in total. The fraction of sp³-hybridized carbons (Fsp3) is 0.444. The summed E-state index contributed by atoms with van der Waals surface area (Å²) in [6, 6.07) is 13.2. The molecule has 0 aliphatic rings. The first kappa shape index (κ1) is 14.9. The highest BCUT2D eigenvalue weighted by Crippen LogP contribution is 2.24. The third kappa shape index (κ3) is 3.73. The predicted molar refractivity (Wildman–Crippen MR) is 84.0 cm³/mol. The Morgan fingerprint density at radius 2 is 1.75 bits per heavy atom. The first-order chi connectivity index (χ1) is 9.74. The summed E-state index contributed by atoms with van der Waals surface area (Å²) in [6.07, 6.45) is 3.45. The van der Waals surface area contributed by atoms with E-state index in [2.05, 4.69) is 49.5 Å². The van der Waals surface area contributed by atoms with Crippen molar-refractivity contribution in [3.05, 3.63) is 59.0 Å². The zero-order valence-corrected chi connectivity index (χ0v) is 12.8. The molecule has 0 fully saturated rings. The van der Waals surface area contributed by atoms with Crippen LogP contribution in [0.25, 0.3) is 0 Å². The predicted octanol–water partition coefficient (Wildman–Crippen LogP) is 4.63. The van der Waals surface area contributed by atoms with Gasteiger partial charge >= 0.3 is 0 Å². The fourth-order valence-electron chi connectivity index (χ4n) is 2.45. The number of benzene rings is 1. The standard InChI is InChI=1S/C18H25NO/c1-4-6-15-8-10-16(11-9-15)18(19-13-5-2)17-12-7-14(3)20-17/h7-12,18-19H,4-6,13H2,1-3H3. The maximum atomic E-state index is 5.81. The van der Waals surface area contributed by atoms with Gasteiger partial charge in [-0.2, -0.15) is 0 Å². The highest BCUT2D eigenvalue weighted by Gasteiger charge is 2.16. The lowest BCUT2D eigenvalue weighted by Gasteiger charge is -2.17. The zero-order valence-electron chi connectivity index (χ0n) is 12.8. The van der Waals surface area contributed by atoms with Crippen LogP contribution in [0.4, 0.5) is 0 Å². The van der Waals surface area contributed by atoms with Gasteiger partial charge in [-0.05, 0) is 49.6 Å². The van der Waals surface area contributed by atoms with E-state index in [-0.39, 0.29) is 6.04 Å². The van der Waals surface area contributed by atoms with Crippen LogP contribution in [0.5, 0.6) is 0 Å². The number of nitrogens with one attached hydrogen (secondary N) is 1. The lowest BCUT2D eigenvalue weighted by atomic mass is 10.0. The lowest BCUT2D eigenvalue weighted by Crippen LogP contribution is -2.22. The van der Waals surface area contributed by atoms with E-state index in [9.17, 15) is 0 Å². The second-order valence-electron chi connectivity index (χ2n) is 5.33. The van der Waals surface area contributed by atoms with Crippen LogP contribution >= 0.6 is 0 Å². The van der Waals surface area contributed by atoms with E-state index in [1.54, 1.807) is 0 Å². The molecule has 0 spiro atoms. The van der Waals surface area contributed by atoms with Gasteiger partial charge in [-0.1, -0.05) is 44.5 Å². The maximum Gasteiger partial charge on any atom is 0.125 e. The zero-order chi connectivity index (χ0) is 14.4. The maximum absolute atomic E-state index is 5.81. The molecule has 0 aliphatic carbocycles. The quantitative estimate of drug-likeness (QED) is 0.794. The molecule has 0 radical (unpaired) electrons.